The molecule has 0 bridgehead atoms. The van der Waals surface area contributed by atoms with Crippen molar-refractivity contribution in [1.29, 1.82) is 0 Å². The minimum absolute atomic E-state index is 0. The molecule has 0 heterocycles. The summed E-state index contributed by atoms with van der Waals surface area (Å²) in [5.74, 6) is -1.17. The Balaban J connectivity index is -0.000000846. The van der Waals surface area contributed by atoms with Gasteiger partial charge in [-0.05, 0) is 12.8 Å². The van der Waals surface area contributed by atoms with Gasteiger partial charge in [0, 0.05) is 40.0 Å². The van der Waals surface area contributed by atoms with Gasteiger partial charge >= 0.3 is 37.7 Å². The second kappa shape index (κ2) is 36.4. The van der Waals surface area contributed by atoms with Gasteiger partial charge in [0.1, 0.15) is 0 Å². The summed E-state index contributed by atoms with van der Waals surface area (Å²) in [5.41, 5.74) is 0. The van der Waals surface area contributed by atoms with Gasteiger partial charge in [-0.2, -0.15) is 0 Å². The number of hydrogen-bond donors (Lipinski definition) is 0. The van der Waals surface area contributed by atoms with Gasteiger partial charge in [0.25, 0.3) is 0 Å². The van der Waals surface area contributed by atoms with E-state index in [1.165, 1.54) is 125 Å². The summed E-state index contributed by atoms with van der Waals surface area (Å²) in [6.45, 7) is 4.46. The number of carbonyl (C=O) groups excluding carboxylic acids is 2. The van der Waals surface area contributed by atoms with Crippen molar-refractivity contribution in [2.24, 2.45) is 0 Å². The van der Waals surface area contributed by atoms with Crippen LogP contribution < -0.4 is 0 Å². The van der Waals surface area contributed by atoms with Crippen LogP contribution in [0.2, 0.25) is 0 Å². The van der Waals surface area contributed by atoms with Crippen LogP contribution in [0.25, 0.3) is 0 Å². The summed E-state index contributed by atoms with van der Waals surface area (Å²) in [4.78, 5) is 26.2. The predicted molar refractivity (Wildman–Crippen MR) is 202 cm³/mol. The first-order valence-electron chi connectivity index (χ1n) is 19.1. The molecule has 0 atom stereocenters. The summed E-state index contributed by atoms with van der Waals surface area (Å²) in [6.07, 6.45) is 30.8. The zero-order chi connectivity index (χ0) is 36.5. The Hall–Kier alpha value is 0.0197. The van der Waals surface area contributed by atoms with Gasteiger partial charge in [-0.3, -0.25) is 9.59 Å². The number of unbranched alkanes of at least 4 members (excludes halogenated alkanes) is 22. The van der Waals surface area contributed by atoms with E-state index in [4.69, 9.17) is 0 Å². The third-order valence-corrected chi connectivity index (χ3v) is 10.1. The van der Waals surface area contributed by atoms with Crippen molar-refractivity contribution in [1.82, 2.24) is 9.80 Å². The molecule has 0 aliphatic carbocycles. The molecule has 0 aliphatic heterocycles. The van der Waals surface area contributed by atoms with Gasteiger partial charge in [-0.1, -0.05) is 155 Å². The Labute approximate surface area is 332 Å². The molecule has 0 radical (unpaired) electrons. The Kier molecular flexibility index (Phi) is 39.6. The second-order valence-electron chi connectivity index (χ2n) is 13.4. The number of nitrogens with zero attached hydrogens (tertiary/aromatic N) is 2. The number of carbonyl (C=O) groups is 2. The molecule has 0 saturated heterocycles. The van der Waals surface area contributed by atoms with E-state index in [2.05, 4.69) is 13.8 Å². The van der Waals surface area contributed by atoms with Crippen LogP contribution in [0.5, 0.6) is 0 Å². The standard InChI is InChI=1S/2C18H37NO4S.Ca/c2*1-3-4-5-6-7-8-9-10-11-12-13-14-15-18(20)19(2)16-17-24(21,22)23;/h2*3-17H2,1-2H3,(H,21,22,23);/q;;+2/p-2. The molecule has 0 spiro atoms. The minimum atomic E-state index is -4.24. The van der Waals surface area contributed by atoms with E-state index in [0.717, 1.165) is 38.5 Å². The van der Waals surface area contributed by atoms with E-state index in [-0.39, 0.29) is 62.6 Å². The molecule has 0 unspecified atom stereocenters. The fourth-order valence-electron chi connectivity index (χ4n) is 5.36. The molecule has 13 heteroatoms. The van der Waals surface area contributed by atoms with E-state index in [9.17, 15) is 35.5 Å². The maximum absolute atomic E-state index is 11.8. The Bertz CT molecular complexity index is 904. The summed E-state index contributed by atoms with van der Waals surface area (Å²) < 4.78 is 63.2. The van der Waals surface area contributed by atoms with E-state index < -0.39 is 31.7 Å². The fraction of sp³-hybridized carbons (Fsp3) is 0.944. The smallest absolute Gasteiger partial charge is 0.748 e. The summed E-state index contributed by atoms with van der Waals surface area (Å²) in [7, 11) is -5.39. The summed E-state index contributed by atoms with van der Waals surface area (Å²) >= 11 is 0. The maximum atomic E-state index is 11.8. The van der Waals surface area contributed by atoms with Crippen molar-refractivity contribution in [3.8, 4) is 0 Å². The van der Waals surface area contributed by atoms with Crippen LogP contribution in [0.4, 0.5) is 0 Å². The molecule has 0 N–H and O–H groups in total. The molecule has 0 saturated carbocycles. The first kappa shape index (κ1) is 53.4. The molecule has 0 rings (SSSR count). The third kappa shape index (κ3) is 44.1. The molecule has 2 amide bonds. The Morgan fingerprint density at radius 1 is 0.429 bits per heavy atom. The largest absolute Gasteiger partial charge is 2.00 e. The quantitative estimate of drug-likeness (QED) is 0.0382. The minimum Gasteiger partial charge on any atom is -0.748 e. The molecule has 0 aromatic rings. The molecule has 49 heavy (non-hydrogen) atoms. The van der Waals surface area contributed by atoms with E-state index >= 15 is 0 Å². The molecule has 10 nitrogen and oxygen atoms in total. The van der Waals surface area contributed by atoms with E-state index in [1.54, 1.807) is 14.1 Å². The molecular weight excluding hydrogens is 693 g/mol. The van der Waals surface area contributed by atoms with Crippen molar-refractivity contribution in [2.75, 3.05) is 38.7 Å². The molecular formula is C36H72CaN2O8S2. The Morgan fingerprint density at radius 2 is 0.633 bits per heavy atom. The average molecular weight is 765 g/mol. The number of rotatable bonds is 32. The van der Waals surface area contributed by atoms with Crippen LogP contribution >= 0.6 is 0 Å². The van der Waals surface area contributed by atoms with Crippen LogP contribution in [-0.2, 0) is 29.8 Å². The van der Waals surface area contributed by atoms with Crippen LogP contribution in [0, 0.1) is 0 Å². The molecule has 0 aromatic heterocycles. The van der Waals surface area contributed by atoms with Crippen molar-refractivity contribution in [3.63, 3.8) is 0 Å². The van der Waals surface area contributed by atoms with E-state index in [0.29, 0.717) is 12.8 Å². The zero-order valence-electron chi connectivity index (χ0n) is 31.9. The monoisotopic (exact) mass is 764 g/mol. The third-order valence-electron chi connectivity index (χ3n) is 8.69. The van der Waals surface area contributed by atoms with Gasteiger partial charge in [0.15, 0.2) is 0 Å². The number of amides is 2. The van der Waals surface area contributed by atoms with E-state index in [1.807, 2.05) is 0 Å². The van der Waals surface area contributed by atoms with Crippen LogP contribution in [-0.4, -0.2) is 124 Å². The van der Waals surface area contributed by atoms with Gasteiger partial charge in [0.05, 0.1) is 31.7 Å². The van der Waals surface area contributed by atoms with Crippen LogP contribution in [0.15, 0.2) is 0 Å². The average Bonchev–Trinajstić information content (AvgIpc) is 3.02. The predicted octanol–water partition coefficient (Wildman–Crippen LogP) is 7.78. The topological polar surface area (TPSA) is 155 Å². The van der Waals surface area contributed by atoms with Gasteiger partial charge in [-0.15, -0.1) is 0 Å². The molecule has 0 aromatic carbocycles. The zero-order valence-corrected chi connectivity index (χ0v) is 35.7. The van der Waals surface area contributed by atoms with Crippen LogP contribution in [0.1, 0.15) is 181 Å². The van der Waals surface area contributed by atoms with Crippen molar-refractivity contribution in [3.05, 3.63) is 0 Å². The molecule has 0 fully saturated rings. The van der Waals surface area contributed by atoms with Gasteiger partial charge in [-0.25, -0.2) is 16.8 Å². The van der Waals surface area contributed by atoms with Crippen LogP contribution in [0.3, 0.4) is 0 Å². The number of hydrogen-bond acceptors (Lipinski definition) is 8. The fourth-order valence-corrected chi connectivity index (χ4v) is 6.36. The van der Waals surface area contributed by atoms with Crippen molar-refractivity contribution < 1.29 is 35.5 Å². The maximum Gasteiger partial charge on any atom is 2.00 e. The van der Waals surface area contributed by atoms with Gasteiger partial charge in [0.2, 0.25) is 11.8 Å². The molecule has 0 aliphatic rings. The second-order valence-corrected chi connectivity index (χ2v) is 16.5. The first-order valence-corrected chi connectivity index (χ1v) is 22.2. The van der Waals surface area contributed by atoms with Crippen molar-refractivity contribution >= 4 is 69.8 Å². The normalized spacial score (nSPS) is 11.4. The van der Waals surface area contributed by atoms with Crippen molar-refractivity contribution in [2.45, 2.75) is 181 Å². The van der Waals surface area contributed by atoms with Gasteiger partial charge < -0.3 is 18.9 Å². The summed E-state index contributed by atoms with van der Waals surface area (Å²) in [5, 5.41) is 0. The summed E-state index contributed by atoms with van der Waals surface area (Å²) in [6, 6.07) is 0. The Morgan fingerprint density at radius 3 is 0.837 bits per heavy atom. The first-order chi connectivity index (χ1) is 22.7. The SMILES string of the molecule is CCCCCCCCCCCCCCC(=O)N(C)CCS(=O)(=O)[O-].CCCCCCCCCCCCCCC(=O)N(C)CCS(=O)(=O)[O-].[Ca+2]. The molecule has 288 valence electrons.